The van der Waals surface area contributed by atoms with Gasteiger partial charge in [-0.1, -0.05) is 13.8 Å². The van der Waals surface area contributed by atoms with Crippen LogP contribution in [0.1, 0.15) is 48.9 Å². The van der Waals surface area contributed by atoms with Crippen LogP contribution < -0.4 is 0 Å². The lowest BCUT2D eigenvalue weighted by molar-refractivity contribution is -0.118. The van der Waals surface area contributed by atoms with Crippen molar-refractivity contribution < 1.29 is 9.53 Å². The summed E-state index contributed by atoms with van der Waals surface area (Å²) in [6, 6.07) is 0. The van der Waals surface area contributed by atoms with Gasteiger partial charge in [0.2, 0.25) is 0 Å². The summed E-state index contributed by atoms with van der Waals surface area (Å²) in [5, 5.41) is 85.4. The average molecular weight is 859 g/mol. The van der Waals surface area contributed by atoms with Gasteiger partial charge in [0.05, 0.1) is 5.57 Å². The third-order valence-corrected chi connectivity index (χ3v) is 25.7. The minimum absolute atomic E-state index is 0.184. The van der Waals surface area contributed by atoms with Crippen LogP contribution in [0.3, 0.4) is 0 Å². The monoisotopic (exact) mass is 858 g/mol. The van der Waals surface area contributed by atoms with Crippen molar-refractivity contribution in [3.05, 3.63) is 33.6 Å². The van der Waals surface area contributed by atoms with Gasteiger partial charge in [0.15, 0.2) is 11.4 Å². The predicted octanol–water partition coefficient (Wildman–Crippen LogP) is 17.9. The summed E-state index contributed by atoms with van der Waals surface area (Å²) in [6.07, 6.45) is 1.37. The molecule has 0 fully saturated rings. The van der Waals surface area contributed by atoms with Crippen LogP contribution in [0, 0.1) is 5.41 Å². The molecule has 0 bridgehead atoms. The van der Waals surface area contributed by atoms with Gasteiger partial charge < -0.3 is 4.74 Å². The van der Waals surface area contributed by atoms with E-state index >= 15 is 4.79 Å². The summed E-state index contributed by atoms with van der Waals surface area (Å²) in [5.74, 6) is 1.37. The Bertz CT molecular complexity index is 7190. The molecule has 0 unspecified atom stereocenters. The molecule has 294 valence electrons. The summed E-state index contributed by atoms with van der Waals surface area (Å²) in [6.45, 7) is 4.67. The van der Waals surface area contributed by atoms with E-state index in [2.05, 4.69) is 13.8 Å². The molecule has 0 amide bonds. The molecule has 70 heavy (non-hydrogen) atoms. The average Bonchev–Trinajstić information content (AvgIpc) is 4.28. The van der Waals surface area contributed by atoms with Crippen molar-refractivity contribution >= 4 is 297 Å². The van der Waals surface area contributed by atoms with Crippen molar-refractivity contribution in [2.75, 3.05) is 0 Å². The van der Waals surface area contributed by atoms with Gasteiger partial charge in [-0.3, -0.25) is 4.79 Å². The second-order valence-corrected chi connectivity index (χ2v) is 27.0. The van der Waals surface area contributed by atoms with Crippen molar-refractivity contribution in [3.8, 4) is 0 Å². The minimum atomic E-state index is -0.862. The van der Waals surface area contributed by atoms with Crippen LogP contribution in [-0.2, 0) is 20.5 Å². The molecular formula is C68H10O2. The number of Topliss-reactive ketones (excluding diaryl/α,β-unsaturated/α-hetero) is 1. The highest BCUT2D eigenvalue weighted by Gasteiger charge is 2.77. The van der Waals surface area contributed by atoms with Gasteiger partial charge in [-0.25, -0.2) is 0 Å². The first-order chi connectivity index (χ1) is 34.6. The molecule has 0 N–H and O–H groups in total. The van der Waals surface area contributed by atoms with Gasteiger partial charge in [-0.2, -0.15) is 0 Å². The first-order valence-electron chi connectivity index (χ1n) is 26.3. The summed E-state index contributed by atoms with van der Waals surface area (Å²) in [4.78, 5) is 16.3. The van der Waals surface area contributed by atoms with E-state index < -0.39 is 11.0 Å². The number of rotatable bonds is 0. The molecule has 2 spiro atoms. The maximum Gasteiger partial charge on any atom is 0.179 e. The zero-order valence-corrected chi connectivity index (χ0v) is 36.2. The Hall–Kier alpha value is -8.33. The standard InChI is InChI=1S/C68H10O2/c1-66(2)3-5(69)61-6(4-66)70-68-64-57-51-41-29-21-13-9-7-8-11-15(13)23(29)33-27-19(11)20-12(8)16-14-10(7)18-17(9)25-31(21)39-45-35(25)36-26(18)32-22(14)30-24(16)34-28(20)38-37(27)49(43(33)51)59(64)60-50(38)44(34)52-42(30)48-40(32)46(36)54-53(45)62(55(57)47(39)41)67(61,68)63(54)56(48)58(52)65(60)68/h3-4H2,1-2H3. The molecule has 0 saturated carbocycles. The Morgan fingerprint density at radius 1 is 0.257 bits per heavy atom. The second kappa shape index (κ2) is 5.64. The van der Waals surface area contributed by atoms with E-state index in [4.69, 9.17) is 4.74 Å². The maximum atomic E-state index is 16.3. The van der Waals surface area contributed by atoms with Crippen LogP contribution >= 0.6 is 0 Å². The molecule has 1 heterocycles. The summed E-state index contributed by atoms with van der Waals surface area (Å²) >= 11 is 0. The molecule has 6 aliphatic rings. The van der Waals surface area contributed by atoms with E-state index in [-0.39, 0.29) is 5.41 Å². The number of allylic oxidation sites excluding steroid dienone is 1. The van der Waals surface area contributed by atoms with E-state index in [0.717, 1.165) is 17.8 Å². The summed E-state index contributed by atoms with van der Waals surface area (Å²) < 4.78 is 8.61. The van der Waals surface area contributed by atoms with Crippen LogP contribution in [0.25, 0.3) is 291 Å². The van der Waals surface area contributed by atoms with Crippen molar-refractivity contribution in [1.82, 2.24) is 0 Å². The lowest BCUT2D eigenvalue weighted by atomic mass is 9.51. The largest absolute Gasteiger partial charge is 0.480 e. The minimum Gasteiger partial charge on any atom is -0.480 e. The Kier molecular flexibility index (Phi) is 2.09. The fraction of sp³-hybridized carbons (Fsp3) is 0.103. The SMILES string of the molecule is CC1(C)CC(=O)C2=C(C1)OC13c4c5c6c7c8c9c(c%10c%11c1c1c4c4c%12c5c5c6c6c8c8c%13c9c9c%10c%10c%11c%11c1c1c4c4c%12c%12c5c5c6c8c6c8c%13c9c9c%10c%10c%11c1c1c4c4c%12c5c6c5c8c9c%10c1c45)C273. The zero-order chi connectivity index (χ0) is 41.8. The van der Waals surface area contributed by atoms with E-state index in [9.17, 15) is 0 Å². The van der Waals surface area contributed by atoms with Crippen molar-refractivity contribution in [2.24, 2.45) is 5.41 Å². The first kappa shape index (κ1) is 25.9. The van der Waals surface area contributed by atoms with Gasteiger partial charge in [-0.15, -0.1) is 0 Å². The quantitative estimate of drug-likeness (QED) is 0.142. The number of benzene rings is 18. The highest BCUT2D eigenvalue weighted by atomic mass is 16.5. The van der Waals surface area contributed by atoms with E-state index in [0.29, 0.717) is 12.2 Å². The Morgan fingerprint density at radius 2 is 0.443 bits per heavy atom. The molecule has 28 aromatic rings. The van der Waals surface area contributed by atoms with Gasteiger partial charge in [0, 0.05) is 24.0 Å². The van der Waals surface area contributed by atoms with Gasteiger partial charge in [0.1, 0.15) is 11.2 Å². The van der Waals surface area contributed by atoms with Crippen LogP contribution in [-0.4, -0.2) is 5.78 Å². The molecule has 1 aliphatic heterocycles. The molecule has 0 aromatic heterocycles. The molecule has 28 aromatic carbocycles. The van der Waals surface area contributed by atoms with Crippen molar-refractivity contribution in [2.45, 2.75) is 37.7 Å². The third kappa shape index (κ3) is 1.33. The number of ketones is 1. The van der Waals surface area contributed by atoms with E-state index in [1.165, 1.54) is 65.3 Å². The number of hydrogen-bond acceptors (Lipinski definition) is 2. The smallest absolute Gasteiger partial charge is 0.179 e. The predicted molar refractivity (Wildman–Crippen MR) is 290 cm³/mol. The van der Waals surface area contributed by atoms with Gasteiger partial charge in [-0.05, 0) is 307 Å². The zero-order valence-electron chi connectivity index (χ0n) is 36.2. The molecule has 2 nitrogen and oxygen atoms in total. The molecule has 2 heteroatoms. The van der Waals surface area contributed by atoms with Crippen molar-refractivity contribution in [3.63, 3.8) is 0 Å². The summed E-state index contributed by atoms with van der Waals surface area (Å²) in [7, 11) is 0. The summed E-state index contributed by atoms with van der Waals surface area (Å²) in [5.41, 5.74) is 5.20. The van der Waals surface area contributed by atoms with Crippen LogP contribution in [0.15, 0.2) is 11.3 Å². The Balaban J connectivity index is 1.19. The normalized spacial score (nSPS) is 24.3. The van der Waals surface area contributed by atoms with Crippen LogP contribution in [0.5, 0.6) is 0 Å². The molecule has 0 radical (unpaired) electrons. The molecule has 0 saturated heterocycles. The van der Waals surface area contributed by atoms with E-state index in [1.807, 2.05) is 0 Å². The second-order valence-electron chi connectivity index (χ2n) is 27.0. The Labute approximate surface area is 380 Å². The highest BCUT2D eigenvalue weighted by Crippen LogP contribution is 2.87. The first-order valence-corrected chi connectivity index (χ1v) is 26.3. The molecule has 34 rings (SSSR count). The maximum absolute atomic E-state index is 16.3. The van der Waals surface area contributed by atoms with Gasteiger partial charge in [0.25, 0.3) is 0 Å². The molecule has 5 aliphatic carbocycles. The number of ether oxygens (including phenoxy) is 1. The molecule has 0 atom stereocenters. The highest BCUT2D eigenvalue weighted by molar-refractivity contribution is 6.82. The topological polar surface area (TPSA) is 26.3 Å². The third-order valence-electron chi connectivity index (χ3n) is 25.7. The lowest BCUT2D eigenvalue weighted by Gasteiger charge is -2.49. The van der Waals surface area contributed by atoms with Gasteiger partial charge >= 0.3 is 0 Å². The number of carbonyl (C=O) groups is 1. The van der Waals surface area contributed by atoms with Crippen LogP contribution in [0.4, 0.5) is 0 Å². The number of hydrogen-bond donors (Lipinski definition) is 0. The Morgan fingerprint density at radius 3 is 0.657 bits per heavy atom. The lowest BCUT2D eigenvalue weighted by Crippen LogP contribution is -2.52. The van der Waals surface area contributed by atoms with Crippen LogP contribution in [0.2, 0.25) is 0 Å². The van der Waals surface area contributed by atoms with E-state index in [1.54, 1.807) is 248 Å². The van der Waals surface area contributed by atoms with Crippen molar-refractivity contribution in [1.29, 1.82) is 0 Å². The number of carbonyl (C=O) groups excluding carboxylic acids is 1. The fourth-order valence-corrected chi connectivity index (χ4v) is 25.7. The molecular weight excluding hydrogens is 849 g/mol. The fourth-order valence-electron chi connectivity index (χ4n) is 25.7.